The van der Waals surface area contributed by atoms with Gasteiger partial charge >= 0.3 is 0 Å². The summed E-state index contributed by atoms with van der Waals surface area (Å²) in [5, 5.41) is 12.4. The number of likely N-dealkylation sites (N-methyl/N-ethyl adjacent to an activating group) is 1. The lowest BCUT2D eigenvalue weighted by atomic mass is 10.0. The van der Waals surface area contributed by atoms with Crippen LogP contribution in [0.25, 0.3) is 0 Å². The minimum Gasteiger partial charge on any atom is -0.354 e. The van der Waals surface area contributed by atoms with Crippen molar-refractivity contribution in [3.8, 4) is 0 Å². The second-order valence-corrected chi connectivity index (χ2v) is 8.70. The number of carbonyl (C=O) groups is 1. The number of aromatic nitrogens is 3. The zero-order valence-corrected chi connectivity index (χ0v) is 20.0. The van der Waals surface area contributed by atoms with Crippen LogP contribution in [0.15, 0.2) is 65.8 Å². The summed E-state index contributed by atoms with van der Waals surface area (Å²) < 4.78 is 2.06. The summed E-state index contributed by atoms with van der Waals surface area (Å²) in [6, 6.07) is 21.0. The number of carbonyl (C=O) groups excluding carboxylic acids is 1. The van der Waals surface area contributed by atoms with E-state index >= 15 is 0 Å². The summed E-state index contributed by atoms with van der Waals surface area (Å²) in [6.45, 7) is 9.53. The van der Waals surface area contributed by atoms with Crippen LogP contribution in [0.1, 0.15) is 30.8 Å². The van der Waals surface area contributed by atoms with E-state index in [1.165, 1.54) is 22.9 Å². The summed E-state index contributed by atoms with van der Waals surface area (Å²) in [4.78, 5) is 15.0. The van der Waals surface area contributed by atoms with Gasteiger partial charge in [-0.25, -0.2) is 0 Å². The third-order valence-electron chi connectivity index (χ3n) is 5.60. The van der Waals surface area contributed by atoms with Crippen LogP contribution in [-0.4, -0.2) is 57.0 Å². The first kappa shape index (κ1) is 24.0. The van der Waals surface area contributed by atoms with Gasteiger partial charge in [-0.15, -0.1) is 10.2 Å². The number of aryl methyl sites for hydroxylation is 1. The highest BCUT2D eigenvalue weighted by Crippen LogP contribution is 2.18. The lowest BCUT2D eigenvalue weighted by Gasteiger charge is -2.30. The van der Waals surface area contributed by atoms with E-state index in [0.717, 1.165) is 30.5 Å². The Hall–Kier alpha value is -2.64. The largest absolute Gasteiger partial charge is 0.354 e. The van der Waals surface area contributed by atoms with E-state index in [0.29, 0.717) is 18.8 Å². The third kappa shape index (κ3) is 6.93. The molecule has 1 unspecified atom stereocenters. The number of nitrogens with one attached hydrogen (secondary N) is 1. The highest BCUT2D eigenvalue weighted by Gasteiger charge is 2.18. The second-order valence-electron chi connectivity index (χ2n) is 7.76. The predicted octanol–water partition coefficient (Wildman–Crippen LogP) is 3.80. The van der Waals surface area contributed by atoms with E-state index in [-0.39, 0.29) is 11.9 Å². The molecule has 1 aromatic heterocycles. The number of rotatable bonds is 12. The van der Waals surface area contributed by atoms with Gasteiger partial charge in [0.15, 0.2) is 5.16 Å². The molecule has 3 aromatic rings. The number of hydrogen-bond donors (Lipinski definition) is 1. The van der Waals surface area contributed by atoms with E-state index in [4.69, 9.17) is 0 Å². The Morgan fingerprint density at radius 3 is 2.25 bits per heavy atom. The van der Waals surface area contributed by atoms with Gasteiger partial charge in [0.1, 0.15) is 5.82 Å². The van der Waals surface area contributed by atoms with Crippen molar-refractivity contribution >= 4 is 17.7 Å². The van der Waals surface area contributed by atoms with Crippen molar-refractivity contribution < 1.29 is 4.79 Å². The molecule has 0 radical (unpaired) electrons. The molecule has 7 heteroatoms. The van der Waals surface area contributed by atoms with Crippen LogP contribution in [0.2, 0.25) is 0 Å². The Morgan fingerprint density at radius 2 is 1.62 bits per heavy atom. The number of nitrogens with zero attached hydrogens (tertiary/aromatic N) is 4. The van der Waals surface area contributed by atoms with Crippen molar-refractivity contribution in [2.75, 3.05) is 25.4 Å². The molecule has 0 aliphatic carbocycles. The van der Waals surface area contributed by atoms with E-state index in [1.54, 1.807) is 0 Å². The number of hydrogen-bond acceptors (Lipinski definition) is 5. The first-order valence-electron chi connectivity index (χ1n) is 11.2. The molecule has 170 valence electrons. The maximum atomic E-state index is 12.6. The fourth-order valence-corrected chi connectivity index (χ4v) is 4.60. The lowest BCUT2D eigenvalue weighted by molar-refractivity contribution is -0.118. The number of amides is 1. The third-order valence-corrected chi connectivity index (χ3v) is 6.56. The van der Waals surface area contributed by atoms with E-state index in [9.17, 15) is 4.79 Å². The van der Waals surface area contributed by atoms with Gasteiger partial charge in [-0.1, -0.05) is 86.3 Å². The average molecular weight is 452 g/mol. The lowest BCUT2D eigenvalue weighted by Crippen LogP contribution is -2.45. The van der Waals surface area contributed by atoms with Crippen LogP contribution in [-0.2, 0) is 17.8 Å². The normalized spacial score (nSPS) is 12.1. The molecule has 1 heterocycles. The topological polar surface area (TPSA) is 63.1 Å². The second kappa shape index (κ2) is 12.4. The predicted molar refractivity (Wildman–Crippen MR) is 131 cm³/mol. The Bertz CT molecular complexity index is 957. The van der Waals surface area contributed by atoms with Crippen molar-refractivity contribution in [3.05, 3.63) is 77.6 Å². The number of benzene rings is 2. The molecule has 0 bridgehead atoms. The fourth-order valence-electron chi connectivity index (χ4n) is 3.79. The molecular weight excluding hydrogens is 418 g/mol. The van der Waals surface area contributed by atoms with E-state index in [2.05, 4.69) is 75.2 Å². The van der Waals surface area contributed by atoms with Crippen LogP contribution in [0, 0.1) is 6.92 Å². The zero-order chi connectivity index (χ0) is 22.8. The van der Waals surface area contributed by atoms with Crippen LogP contribution in [0.5, 0.6) is 0 Å². The highest BCUT2D eigenvalue weighted by molar-refractivity contribution is 7.99. The molecule has 0 aliphatic rings. The van der Waals surface area contributed by atoms with Gasteiger partial charge in [0, 0.05) is 12.6 Å². The molecule has 0 fully saturated rings. The first-order chi connectivity index (χ1) is 15.6. The first-order valence-corrected chi connectivity index (χ1v) is 12.2. The van der Waals surface area contributed by atoms with Crippen LogP contribution < -0.4 is 5.32 Å². The standard InChI is InChI=1S/C25H33N5OS/c1-4-29(5-2)23(16-21-12-8-6-9-13-21)17-26-24(31)19-32-25-28-27-20(3)30(25)18-22-14-10-7-11-15-22/h6-15,23H,4-5,16-19H2,1-3H3,(H,26,31). The molecule has 1 atom stereocenters. The molecule has 2 aromatic carbocycles. The maximum Gasteiger partial charge on any atom is 0.230 e. The summed E-state index contributed by atoms with van der Waals surface area (Å²) in [5.41, 5.74) is 2.47. The van der Waals surface area contributed by atoms with E-state index in [1.807, 2.05) is 31.2 Å². The minimum atomic E-state index is 0.0205. The SMILES string of the molecule is CCN(CC)C(CNC(=O)CSc1nnc(C)n1Cc1ccccc1)Cc1ccccc1. The van der Waals surface area contributed by atoms with Gasteiger partial charge in [-0.3, -0.25) is 9.69 Å². The molecular formula is C25H33N5OS. The van der Waals surface area contributed by atoms with Crippen molar-refractivity contribution in [1.82, 2.24) is 25.0 Å². The highest BCUT2D eigenvalue weighted by atomic mass is 32.2. The molecule has 6 nitrogen and oxygen atoms in total. The van der Waals surface area contributed by atoms with Crippen molar-refractivity contribution in [2.24, 2.45) is 0 Å². The molecule has 0 spiro atoms. The molecule has 0 aliphatic heterocycles. The zero-order valence-electron chi connectivity index (χ0n) is 19.2. The van der Waals surface area contributed by atoms with Crippen LogP contribution in [0.4, 0.5) is 0 Å². The van der Waals surface area contributed by atoms with Crippen LogP contribution >= 0.6 is 11.8 Å². The molecule has 1 N–H and O–H groups in total. The molecule has 0 saturated heterocycles. The van der Waals surface area contributed by atoms with Crippen LogP contribution in [0.3, 0.4) is 0 Å². The van der Waals surface area contributed by atoms with E-state index < -0.39 is 0 Å². The summed E-state index contributed by atoms with van der Waals surface area (Å²) in [5.74, 6) is 1.19. The average Bonchev–Trinajstić information content (AvgIpc) is 3.17. The minimum absolute atomic E-state index is 0.0205. The smallest absolute Gasteiger partial charge is 0.230 e. The van der Waals surface area contributed by atoms with Gasteiger partial charge in [-0.05, 0) is 37.6 Å². The van der Waals surface area contributed by atoms with Gasteiger partial charge in [-0.2, -0.15) is 0 Å². The summed E-state index contributed by atoms with van der Waals surface area (Å²) in [7, 11) is 0. The molecule has 0 saturated carbocycles. The van der Waals surface area contributed by atoms with Gasteiger partial charge in [0.2, 0.25) is 5.91 Å². The molecule has 3 rings (SSSR count). The molecule has 1 amide bonds. The monoisotopic (exact) mass is 451 g/mol. The van der Waals surface area contributed by atoms with Crippen molar-refractivity contribution in [1.29, 1.82) is 0 Å². The Balaban J connectivity index is 1.55. The summed E-state index contributed by atoms with van der Waals surface area (Å²) >= 11 is 1.43. The van der Waals surface area contributed by atoms with Crippen molar-refractivity contribution in [2.45, 2.75) is 44.9 Å². The maximum absolute atomic E-state index is 12.6. The van der Waals surface area contributed by atoms with Gasteiger partial charge in [0.25, 0.3) is 0 Å². The Labute approximate surface area is 195 Å². The fraction of sp³-hybridized carbons (Fsp3) is 0.400. The number of thioether (sulfide) groups is 1. The van der Waals surface area contributed by atoms with Gasteiger partial charge in [0.05, 0.1) is 12.3 Å². The van der Waals surface area contributed by atoms with Crippen molar-refractivity contribution in [3.63, 3.8) is 0 Å². The Morgan fingerprint density at radius 1 is 1.00 bits per heavy atom. The Kier molecular flexibility index (Phi) is 9.31. The molecule has 32 heavy (non-hydrogen) atoms. The van der Waals surface area contributed by atoms with Gasteiger partial charge < -0.3 is 9.88 Å². The quantitative estimate of drug-likeness (QED) is 0.425. The summed E-state index contributed by atoms with van der Waals surface area (Å²) in [6.07, 6.45) is 0.917.